The van der Waals surface area contributed by atoms with Crippen molar-refractivity contribution < 1.29 is 22.0 Å². The normalized spacial score (nSPS) is 31.9. The Labute approximate surface area is 139 Å². The molecule has 24 heavy (non-hydrogen) atoms. The van der Waals surface area contributed by atoms with Crippen molar-refractivity contribution in [2.24, 2.45) is 11.8 Å². The molecular formula is C19H23F5. The molecule has 0 heterocycles. The first kappa shape index (κ1) is 17.7. The van der Waals surface area contributed by atoms with E-state index in [0.29, 0.717) is 30.2 Å². The topological polar surface area (TPSA) is 0 Å². The van der Waals surface area contributed by atoms with Crippen molar-refractivity contribution in [3.63, 3.8) is 0 Å². The van der Waals surface area contributed by atoms with Crippen molar-refractivity contribution in [1.82, 2.24) is 0 Å². The molecule has 5 heteroatoms. The Kier molecular flexibility index (Phi) is 5.16. The standard InChI is InChI=1S/C19H23F5/c20-16-8-5-13(6-9-16)12-1-3-14(4-2-12)15-7-10-17(18(21)11-15)19(22,23)24/h7,10-14,16H,1-6,8-9H2. The van der Waals surface area contributed by atoms with Gasteiger partial charge in [0.05, 0.1) is 5.56 Å². The molecule has 0 bridgehead atoms. The van der Waals surface area contributed by atoms with Gasteiger partial charge in [-0.2, -0.15) is 13.2 Å². The van der Waals surface area contributed by atoms with E-state index in [1.54, 1.807) is 0 Å². The molecule has 0 spiro atoms. The molecule has 0 N–H and O–H groups in total. The van der Waals surface area contributed by atoms with Crippen LogP contribution in [-0.2, 0) is 6.18 Å². The lowest BCUT2D eigenvalue weighted by atomic mass is 9.69. The fourth-order valence-electron chi connectivity index (χ4n) is 4.49. The monoisotopic (exact) mass is 346 g/mol. The highest BCUT2D eigenvalue weighted by molar-refractivity contribution is 5.29. The molecule has 2 fully saturated rings. The number of rotatable bonds is 2. The molecule has 134 valence electrons. The molecule has 0 saturated heterocycles. The first-order chi connectivity index (χ1) is 11.3. The lowest BCUT2D eigenvalue weighted by Crippen LogP contribution is -2.25. The van der Waals surface area contributed by atoms with E-state index in [0.717, 1.165) is 50.7 Å². The predicted octanol–water partition coefficient (Wildman–Crippen LogP) is 6.65. The molecule has 1 aromatic rings. The molecule has 0 atom stereocenters. The molecule has 2 saturated carbocycles. The van der Waals surface area contributed by atoms with Gasteiger partial charge in [0.15, 0.2) is 0 Å². The second kappa shape index (κ2) is 7.01. The summed E-state index contributed by atoms with van der Waals surface area (Å²) in [5, 5.41) is 0. The molecule has 0 aromatic heterocycles. The average molecular weight is 346 g/mol. The number of hydrogen-bond acceptors (Lipinski definition) is 0. The van der Waals surface area contributed by atoms with Gasteiger partial charge >= 0.3 is 6.18 Å². The minimum atomic E-state index is -4.64. The number of halogens is 5. The van der Waals surface area contributed by atoms with Crippen molar-refractivity contribution in [2.45, 2.75) is 69.6 Å². The molecule has 3 rings (SSSR count). The molecule has 2 aliphatic rings. The summed E-state index contributed by atoms with van der Waals surface area (Å²) in [5.41, 5.74) is -0.519. The van der Waals surface area contributed by atoms with Crippen LogP contribution in [0.2, 0.25) is 0 Å². The van der Waals surface area contributed by atoms with Crippen LogP contribution in [0, 0.1) is 17.7 Å². The zero-order chi connectivity index (χ0) is 17.3. The summed E-state index contributed by atoms with van der Waals surface area (Å²) in [6.45, 7) is 0. The van der Waals surface area contributed by atoms with Gasteiger partial charge in [-0.25, -0.2) is 8.78 Å². The summed E-state index contributed by atoms with van der Waals surface area (Å²) in [7, 11) is 0. The number of benzene rings is 1. The molecule has 0 unspecified atom stereocenters. The highest BCUT2D eigenvalue weighted by Crippen LogP contribution is 2.44. The van der Waals surface area contributed by atoms with Crippen LogP contribution < -0.4 is 0 Å². The first-order valence-electron chi connectivity index (χ1n) is 8.85. The van der Waals surface area contributed by atoms with E-state index >= 15 is 0 Å². The van der Waals surface area contributed by atoms with Gasteiger partial charge in [-0.1, -0.05) is 6.07 Å². The maximum atomic E-state index is 13.7. The lowest BCUT2D eigenvalue weighted by Gasteiger charge is -2.36. The third-order valence-corrected chi connectivity index (χ3v) is 5.91. The second-order valence-corrected chi connectivity index (χ2v) is 7.36. The van der Waals surface area contributed by atoms with Crippen LogP contribution in [0.3, 0.4) is 0 Å². The molecule has 0 radical (unpaired) electrons. The number of alkyl halides is 4. The Morgan fingerprint density at radius 3 is 1.83 bits per heavy atom. The molecule has 0 nitrogen and oxygen atoms in total. The maximum Gasteiger partial charge on any atom is 0.419 e. The SMILES string of the molecule is Fc1cc(C2CCC(C3CCC(F)CC3)CC2)ccc1C(F)(F)F. The van der Waals surface area contributed by atoms with Crippen LogP contribution >= 0.6 is 0 Å². The second-order valence-electron chi connectivity index (χ2n) is 7.36. The Bertz CT molecular complexity index is 549. The minimum Gasteiger partial charge on any atom is -0.247 e. The molecule has 1 aromatic carbocycles. The summed E-state index contributed by atoms with van der Waals surface area (Å²) < 4.78 is 64.9. The fourth-order valence-corrected chi connectivity index (χ4v) is 4.49. The summed E-state index contributed by atoms with van der Waals surface area (Å²) in [6, 6.07) is 3.34. The summed E-state index contributed by atoms with van der Waals surface area (Å²) in [4.78, 5) is 0. The number of hydrogen-bond donors (Lipinski definition) is 0. The minimum absolute atomic E-state index is 0.135. The zero-order valence-corrected chi connectivity index (χ0v) is 13.6. The lowest BCUT2D eigenvalue weighted by molar-refractivity contribution is -0.140. The highest BCUT2D eigenvalue weighted by Gasteiger charge is 2.35. The van der Waals surface area contributed by atoms with Gasteiger partial charge < -0.3 is 0 Å². The Morgan fingerprint density at radius 1 is 0.792 bits per heavy atom. The van der Waals surface area contributed by atoms with E-state index in [4.69, 9.17) is 0 Å². The Morgan fingerprint density at radius 2 is 1.33 bits per heavy atom. The Hall–Kier alpha value is -1.13. The van der Waals surface area contributed by atoms with Gasteiger partial charge in [0.25, 0.3) is 0 Å². The van der Waals surface area contributed by atoms with Crippen molar-refractivity contribution in [3.8, 4) is 0 Å². The van der Waals surface area contributed by atoms with E-state index in [1.807, 2.05) is 0 Å². The van der Waals surface area contributed by atoms with Crippen LogP contribution in [-0.4, -0.2) is 6.17 Å². The van der Waals surface area contributed by atoms with Crippen molar-refractivity contribution >= 4 is 0 Å². The summed E-state index contributed by atoms with van der Waals surface area (Å²) in [6.07, 6.45) is 1.71. The quantitative estimate of drug-likeness (QED) is 0.526. The van der Waals surface area contributed by atoms with Gasteiger partial charge in [-0.05, 0) is 86.8 Å². The van der Waals surface area contributed by atoms with Crippen molar-refractivity contribution in [3.05, 3.63) is 35.1 Å². The van der Waals surface area contributed by atoms with Gasteiger partial charge in [-0.3, -0.25) is 0 Å². The molecule has 2 aliphatic carbocycles. The average Bonchev–Trinajstić information content (AvgIpc) is 2.54. The van der Waals surface area contributed by atoms with Crippen LogP contribution in [0.15, 0.2) is 18.2 Å². The summed E-state index contributed by atoms with van der Waals surface area (Å²) >= 11 is 0. The van der Waals surface area contributed by atoms with Gasteiger partial charge in [0.1, 0.15) is 12.0 Å². The predicted molar refractivity (Wildman–Crippen MR) is 83.0 cm³/mol. The zero-order valence-electron chi connectivity index (χ0n) is 13.6. The maximum absolute atomic E-state index is 13.7. The highest BCUT2D eigenvalue weighted by atomic mass is 19.4. The van der Waals surface area contributed by atoms with Crippen LogP contribution in [0.5, 0.6) is 0 Å². The van der Waals surface area contributed by atoms with Crippen molar-refractivity contribution in [1.29, 1.82) is 0 Å². The Balaban J connectivity index is 1.60. The molecule has 0 amide bonds. The van der Waals surface area contributed by atoms with E-state index in [9.17, 15) is 22.0 Å². The smallest absolute Gasteiger partial charge is 0.247 e. The van der Waals surface area contributed by atoms with E-state index in [1.165, 1.54) is 6.07 Å². The first-order valence-corrected chi connectivity index (χ1v) is 8.85. The van der Waals surface area contributed by atoms with Crippen LogP contribution in [0.25, 0.3) is 0 Å². The third kappa shape index (κ3) is 3.92. The van der Waals surface area contributed by atoms with E-state index in [-0.39, 0.29) is 5.92 Å². The molecule has 0 aliphatic heterocycles. The van der Waals surface area contributed by atoms with Crippen LogP contribution in [0.4, 0.5) is 22.0 Å². The van der Waals surface area contributed by atoms with Gasteiger partial charge in [0.2, 0.25) is 0 Å². The van der Waals surface area contributed by atoms with E-state index in [2.05, 4.69) is 0 Å². The van der Waals surface area contributed by atoms with Crippen molar-refractivity contribution in [2.75, 3.05) is 0 Å². The van der Waals surface area contributed by atoms with Crippen LogP contribution in [0.1, 0.15) is 68.4 Å². The van der Waals surface area contributed by atoms with Gasteiger partial charge in [-0.15, -0.1) is 0 Å². The van der Waals surface area contributed by atoms with E-state index < -0.39 is 23.7 Å². The largest absolute Gasteiger partial charge is 0.419 e. The van der Waals surface area contributed by atoms with Gasteiger partial charge in [0, 0.05) is 0 Å². The fraction of sp³-hybridized carbons (Fsp3) is 0.684. The third-order valence-electron chi connectivity index (χ3n) is 5.91. The molecular weight excluding hydrogens is 323 g/mol. The summed E-state index contributed by atoms with van der Waals surface area (Å²) in [5.74, 6) is 0.134.